The fourth-order valence-electron chi connectivity index (χ4n) is 2.13. The second-order valence-corrected chi connectivity index (χ2v) is 4.96. The maximum atomic E-state index is 5.78. The molecule has 2 heteroatoms. The Balaban J connectivity index is 2.25. The molecule has 0 fully saturated rings. The summed E-state index contributed by atoms with van der Waals surface area (Å²) in [6.45, 7) is 5.01. The number of benzene rings is 2. The molecule has 16 heavy (non-hydrogen) atoms. The minimum atomic E-state index is -0.00285. The summed E-state index contributed by atoms with van der Waals surface area (Å²) in [6, 6.07) is 12.5. The number of nitrogens with one attached hydrogen (secondary N) is 1. The SMILES string of the molecule is CC1(C)COc2ccc3ccccc3c2N1. The van der Waals surface area contributed by atoms with Crippen LogP contribution in [0.1, 0.15) is 13.8 Å². The van der Waals surface area contributed by atoms with E-state index in [1.807, 2.05) is 6.07 Å². The molecule has 0 saturated carbocycles. The molecule has 1 aliphatic rings. The molecule has 2 aromatic carbocycles. The third-order valence-electron chi connectivity index (χ3n) is 2.94. The summed E-state index contributed by atoms with van der Waals surface area (Å²) in [7, 11) is 0. The molecule has 0 aromatic heterocycles. The van der Waals surface area contributed by atoms with Crippen LogP contribution in [0.25, 0.3) is 10.8 Å². The summed E-state index contributed by atoms with van der Waals surface area (Å²) in [5.41, 5.74) is 1.12. The van der Waals surface area contributed by atoms with Crippen LogP contribution in [0.15, 0.2) is 36.4 Å². The van der Waals surface area contributed by atoms with Gasteiger partial charge in [-0.2, -0.15) is 0 Å². The maximum Gasteiger partial charge on any atom is 0.143 e. The minimum Gasteiger partial charge on any atom is -0.489 e. The molecule has 2 aromatic rings. The van der Waals surface area contributed by atoms with E-state index < -0.39 is 0 Å². The van der Waals surface area contributed by atoms with Gasteiger partial charge in [0.2, 0.25) is 0 Å². The van der Waals surface area contributed by atoms with E-state index in [1.165, 1.54) is 10.8 Å². The maximum absolute atomic E-state index is 5.78. The Morgan fingerprint density at radius 3 is 2.81 bits per heavy atom. The van der Waals surface area contributed by atoms with E-state index in [0.717, 1.165) is 11.4 Å². The molecule has 2 nitrogen and oxygen atoms in total. The lowest BCUT2D eigenvalue weighted by Crippen LogP contribution is -2.40. The Morgan fingerprint density at radius 1 is 1.12 bits per heavy atom. The molecule has 1 N–H and O–H groups in total. The van der Waals surface area contributed by atoms with E-state index >= 15 is 0 Å². The molecule has 0 amide bonds. The van der Waals surface area contributed by atoms with Crippen molar-refractivity contribution in [2.75, 3.05) is 11.9 Å². The van der Waals surface area contributed by atoms with Crippen LogP contribution in [-0.4, -0.2) is 12.1 Å². The summed E-state index contributed by atoms with van der Waals surface area (Å²) >= 11 is 0. The van der Waals surface area contributed by atoms with Gasteiger partial charge in [-0.3, -0.25) is 0 Å². The highest BCUT2D eigenvalue weighted by Gasteiger charge is 2.26. The van der Waals surface area contributed by atoms with E-state index in [9.17, 15) is 0 Å². The highest BCUT2D eigenvalue weighted by atomic mass is 16.5. The monoisotopic (exact) mass is 213 g/mol. The predicted octanol–water partition coefficient (Wildman–Crippen LogP) is 3.42. The smallest absolute Gasteiger partial charge is 0.143 e. The summed E-state index contributed by atoms with van der Waals surface area (Å²) in [6.07, 6.45) is 0. The molecule has 3 rings (SSSR count). The number of fused-ring (bicyclic) bond motifs is 3. The predicted molar refractivity (Wildman–Crippen MR) is 67.1 cm³/mol. The van der Waals surface area contributed by atoms with Gasteiger partial charge in [-0.15, -0.1) is 0 Å². The molecule has 0 saturated heterocycles. The first kappa shape index (κ1) is 9.52. The first-order valence-corrected chi connectivity index (χ1v) is 5.58. The van der Waals surface area contributed by atoms with E-state index in [-0.39, 0.29) is 5.54 Å². The summed E-state index contributed by atoms with van der Waals surface area (Å²) < 4.78 is 5.78. The van der Waals surface area contributed by atoms with Crippen LogP contribution in [-0.2, 0) is 0 Å². The van der Waals surface area contributed by atoms with Crippen LogP contribution >= 0.6 is 0 Å². The van der Waals surface area contributed by atoms with Crippen LogP contribution in [0.3, 0.4) is 0 Å². The highest BCUT2D eigenvalue weighted by molar-refractivity contribution is 5.97. The normalized spacial score (nSPS) is 17.4. The average Bonchev–Trinajstić information content (AvgIpc) is 2.28. The highest BCUT2D eigenvalue weighted by Crippen LogP contribution is 2.38. The third kappa shape index (κ3) is 1.42. The molecule has 1 heterocycles. The first-order chi connectivity index (χ1) is 7.66. The lowest BCUT2D eigenvalue weighted by Gasteiger charge is -2.34. The van der Waals surface area contributed by atoms with Crippen molar-refractivity contribution < 1.29 is 4.74 Å². The molecule has 0 aliphatic carbocycles. The van der Waals surface area contributed by atoms with Crippen molar-refractivity contribution in [3.8, 4) is 5.75 Å². The zero-order valence-electron chi connectivity index (χ0n) is 9.58. The molecule has 0 bridgehead atoms. The van der Waals surface area contributed by atoms with Crippen molar-refractivity contribution in [2.24, 2.45) is 0 Å². The Kier molecular flexibility index (Phi) is 1.87. The summed E-state index contributed by atoms with van der Waals surface area (Å²) in [5.74, 6) is 0.957. The standard InChI is InChI=1S/C14H15NO/c1-14(2)9-16-12-8-7-10-5-3-4-6-11(10)13(12)15-14/h3-8,15H,9H2,1-2H3. The number of rotatable bonds is 0. The lowest BCUT2D eigenvalue weighted by molar-refractivity contribution is 0.242. The fraction of sp³-hybridized carbons (Fsp3) is 0.286. The van der Waals surface area contributed by atoms with Gasteiger partial charge in [0.15, 0.2) is 0 Å². The van der Waals surface area contributed by atoms with Gasteiger partial charge in [0.1, 0.15) is 12.4 Å². The van der Waals surface area contributed by atoms with E-state index in [4.69, 9.17) is 4.74 Å². The zero-order valence-corrected chi connectivity index (χ0v) is 9.58. The van der Waals surface area contributed by atoms with Gasteiger partial charge < -0.3 is 10.1 Å². The van der Waals surface area contributed by atoms with Crippen LogP contribution in [0.4, 0.5) is 5.69 Å². The summed E-state index contributed by atoms with van der Waals surface area (Å²) in [4.78, 5) is 0. The van der Waals surface area contributed by atoms with Crippen LogP contribution in [0, 0.1) is 0 Å². The second kappa shape index (κ2) is 3.14. The van der Waals surface area contributed by atoms with Crippen LogP contribution < -0.4 is 10.1 Å². The number of hydrogen-bond donors (Lipinski definition) is 1. The summed E-state index contributed by atoms with van der Waals surface area (Å²) in [5, 5.41) is 6.03. The third-order valence-corrected chi connectivity index (χ3v) is 2.94. The van der Waals surface area contributed by atoms with Gasteiger partial charge >= 0.3 is 0 Å². The van der Waals surface area contributed by atoms with Crippen LogP contribution in [0.5, 0.6) is 5.75 Å². The Labute approximate surface area is 95.2 Å². The Morgan fingerprint density at radius 2 is 1.94 bits per heavy atom. The number of ether oxygens (including phenoxy) is 1. The van der Waals surface area contributed by atoms with Gasteiger partial charge in [-0.1, -0.05) is 30.3 Å². The second-order valence-electron chi connectivity index (χ2n) is 4.96. The van der Waals surface area contributed by atoms with Crippen molar-refractivity contribution in [1.29, 1.82) is 0 Å². The number of hydrogen-bond acceptors (Lipinski definition) is 2. The van der Waals surface area contributed by atoms with Crippen LogP contribution in [0.2, 0.25) is 0 Å². The number of anilines is 1. The fourth-order valence-corrected chi connectivity index (χ4v) is 2.13. The molecule has 1 aliphatic heterocycles. The quantitative estimate of drug-likeness (QED) is 0.724. The molecular weight excluding hydrogens is 198 g/mol. The Bertz CT molecular complexity index is 545. The molecule has 0 unspecified atom stereocenters. The van der Waals surface area contributed by atoms with Crippen molar-refractivity contribution in [2.45, 2.75) is 19.4 Å². The largest absolute Gasteiger partial charge is 0.489 e. The van der Waals surface area contributed by atoms with Crippen molar-refractivity contribution >= 4 is 16.5 Å². The van der Waals surface area contributed by atoms with Crippen molar-refractivity contribution in [1.82, 2.24) is 0 Å². The van der Waals surface area contributed by atoms with E-state index in [0.29, 0.717) is 6.61 Å². The van der Waals surface area contributed by atoms with Gasteiger partial charge in [0.05, 0.1) is 11.2 Å². The Hall–Kier alpha value is -1.70. The van der Waals surface area contributed by atoms with E-state index in [2.05, 4.69) is 49.5 Å². The van der Waals surface area contributed by atoms with Gasteiger partial charge in [0.25, 0.3) is 0 Å². The molecule has 82 valence electrons. The lowest BCUT2D eigenvalue weighted by atomic mass is 10.0. The van der Waals surface area contributed by atoms with Crippen molar-refractivity contribution in [3.63, 3.8) is 0 Å². The van der Waals surface area contributed by atoms with Gasteiger partial charge in [-0.05, 0) is 25.3 Å². The van der Waals surface area contributed by atoms with E-state index in [1.54, 1.807) is 0 Å². The molecule has 0 spiro atoms. The zero-order chi connectivity index (χ0) is 11.2. The average molecular weight is 213 g/mol. The molecule has 0 radical (unpaired) electrons. The molecule has 0 atom stereocenters. The minimum absolute atomic E-state index is 0.00285. The molecular formula is C14H15NO. The van der Waals surface area contributed by atoms with Crippen molar-refractivity contribution in [3.05, 3.63) is 36.4 Å². The first-order valence-electron chi connectivity index (χ1n) is 5.58. The topological polar surface area (TPSA) is 21.3 Å². The van der Waals surface area contributed by atoms with Gasteiger partial charge in [-0.25, -0.2) is 0 Å². The van der Waals surface area contributed by atoms with Gasteiger partial charge in [0, 0.05) is 5.39 Å².